The van der Waals surface area contributed by atoms with E-state index in [1.54, 1.807) is 24.7 Å². The van der Waals surface area contributed by atoms with Crippen molar-refractivity contribution >= 4 is 23.4 Å². The monoisotopic (exact) mass is 495 g/mol. The Bertz CT molecular complexity index is 1450. The van der Waals surface area contributed by atoms with E-state index in [1.165, 1.54) is 4.90 Å². The maximum atomic E-state index is 11.2. The molecule has 1 fully saturated rings. The second kappa shape index (κ2) is 10.3. The van der Waals surface area contributed by atoms with Crippen molar-refractivity contribution in [3.8, 4) is 28.6 Å². The molecule has 0 unspecified atom stereocenters. The molecule has 1 amide bonds. The van der Waals surface area contributed by atoms with Crippen molar-refractivity contribution in [2.24, 2.45) is 0 Å². The van der Waals surface area contributed by atoms with E-state index in [0.717, 1.165) is 29.1 Å². The molecule has 4 aromatic rings. The minimum atomic E-state index is -0.920. The summed E-state index contributed by atoms with van der Waals surface area (Å²) >= 11 is 0. The van der Waals surface area contributed by atoms with Crippen LogP contribution in [0.5, 0.6) is 0 Å². The average molecular weight is 496 g/mol. The first-order valence-electron chi connectivity index (χ1n) is 11.9. The first-order valence-corrected chi connectivity index (χ1v) is 11.9. The van der Waals surface area contributed by atoms with Crippen molar-refractivity contribution in [1.29, 1.82) is 5.26 Å². The topological polar surface area (TPSA) is 136 Å². The van der Waals surface area contributed by atoms with Gasteiger partial charge in [-0.05, 0) is 43.3 Å². The number of benzene rings is 1. The number of nitriles is 1. The molecule has 0 radical (unpaired) electrons. The lowest BCUT2D eigenvalue weighted by molar-refractivity contribution is 0.142. The maximum absolute atomic E-state index is 11.2. The summed E-state index contributed by atoms with van der Waals surface area (Å²) < 4.78 is 1.86. The summed E-state index contributed by atoms with van der Waals surface area (Å²) in [6.45, 7) is 4.61. The normalized spacial score (nSPS) is 13.3. The molecule has 5 rings (SSSR count). The molecule has 186 valence electrons. The van der Waals surface area contributed by atoms with Gasteiger partial charge in [0.15, 0.2) is 0 Å². The lowest BCUT2D eigenvalue weighted by atomic mass is 10.1. The highest BCUT2D eigenvalue weighted by molar-refractivity contribution is 5.79. The van der Waals surface area contributed by atoms with E-state index in [0.29, 0.717) is 49.1 Å². The van der Waals surface area contributed by atoms with Crippen LogP contribution in [0.4, 0.5) is 22.1 Å². The lowest BCUT2D eigenvalue weighted by Crippen LogP contribution is -2.48. The van der Waals surface area contributed by atoms with Crippen LogP contribution in [0.15, 0.2) is 61.2 Å². The summed E-state index contributed by atoms with van der Waals surface area (Å²) in [7, 11) is 0. The average Bonchev–Trinajstić information content (AvgIpc) is 3.38. The predicted octanol–water partition coefficient (Wildman–Crippen LogP) is 3.84. The van der Waals surface area contributed by atoms with Crippen molar-refractivity contribution in [2.45, 2.75) is 13.5 Å². The minimum Gasteiger partial charge on any atom is -0.465 e. The number of aromatic nitrogens is 5. The fourth-order valence-electron chi connectivity index (χ4n) is 4.30. The van der Waals surface area contributed by atoms with Crippen LogP contribution in [-0.4, -0.2) is 67.0 Å². The fraction of sp³-hybridized carbons (Fsp3) is 0.231. The number of hydrogen-bond donors (Lipinski definition) is 2. The van der Waals surface area contributed by atoms with E-state index in [2.05, 4.69) is 21.4 Å². The third kappa shape index (κ3) is 5.04. The number of carboxylic acid groups (broad SMARTS) is 1. The number of hydrogen-bond acceptors (Lipinski definition) is 8. The molecule has 0 atom stereocenters. The van der Waals surface area contributed by atoms with Gasteiger partial charge in [-0.25, -0.2) is 14.8 Å². The van der Waals surface area contributed by atoms with Gasteiger partial charge in [0.2, 0.25) is 5.95 Å². The first kappa shape index (κ1) is 23.7. The van der Waals surface area contributed by atoms with Crippen molar-refractivity contribution in [2.75, 3.05) is 36.4 Å². The van der Waals surface area contributed by atoms with E-state index in [4.69, 9.17) is 10.1 Å². The van der Waals surface area contributed by atoms with Crippen LogP contribution in [-0.2, 0) is 6.54 Å². The standard InChI is InChI=1S/C26H25N9O2/c1-2-35-17-21(24(32-35)18-4-3-8-28-16-18)22-7-9-29-25(31-22)30-20-5-6-23(19(14-20)15-27)33-10-12-34(13-11-33)26(36)37/h3-9,14,16-17H,2,10-13H2,1H3,(H,36,37)(H,29,30,31). The minimum absolute atomic E-state index is 0.394. The molecular formula is C26H25N9O2. The highest BCUT2D eigenvalue weighted by atomic mass is 16.4. The molecule has 3 aromatic heterocycles. The Labute approximate surface area is 213 Å². The van der Waals surface area contributed by atoms with Gasteiger partial charge in [-0.2, -0.15) is 10.4 Å². The smallest absolute Gasteiger partial charge is 0.407 e. The van der Waals surface area contributed by atoms with Gasteiger partial charge in [-0.1, -0.05) is 0 Å². The number of anilines is 3. The summed E-state index contributed by atoms with van der Waals surface area (Å²) in [6, 6.07) is 13.4. The Morgan fingerprint density at radius 1 is 1.16 bits per heavy atom. The molecule has 37 heavy (non-hydrogen) atoms. The summed E-state index contributed by atoms with van der Waals surface area (Å²) in [5.41, 5.74) is 5.22. The number of rotatable bonds is 6. The molecule has 1 saturated heterocycles. The molecule has 1 aliphatic rings. The highest BCUT2D eigenvalue weighted by Crippen LogP contribution is 2.31. The second-order valence-electron chi connectivity index (χ2n) is 8.48. The molecule has 4 heterocycles. The van der Waals surface area contributed by atoms with E-state index in [-0.39, 0.29) is 0 Å². The van der Waals surface area contributed by atoms with Crippen LogP contribution in [0, 0.1) is 11.3 Å². The highest BCUT2D eigenvalue weighted by Gasteiger charge is 2.22. The van der Waals surface area contributed by atoms with Gasteiger partial charge >= 0.3 is 6.09 Å². The molecule has 0 spiro atoms. The van der Waals surface area contributed by atoms with E-state index in [1.807, 2.05) is 53.0 Å². The largest absolute Gasteiger partial charge is 0.465 e. The quantitative estimate of drug-likeness (QED) is 0.409. The molecule has 1 aliphatic heterocycles. The van der Waals surface area contributed by atoms with Gasteiger partial charge in [-0.3, -0.25) is 9.67 Å². The van der Waals surface area contributed by atoms with Gasteiger partial charge < -0.3 is 20.2 Å². The molecular weight excluding hydrogens is 470 g/mol. The Balaban J connectivity index is 1.39. The molecule has 2 N–H and O–H groups in total. The Morgan fingerprint density at radius 2 is 2.00 bits per heavy atom. The zero-order valence-electron chi connectivity index (χ0n) is 20.2. The van der Waals surface area contributed by atoms with E-state index in [9.17, 15) is 15.2 Å². The van der Waals surface area contributed by atoms with Gasteiger partial charge in [0.25, 0.3) is 0 Å². The molecule has 1 aromatic carbocycles. The van der Waals surface area contributed by atoms with Crippen molar-refractivity contribution in [1.82, 2.24) is 29.6 Å². The number of pyridine rings is 1. The Hall–Kier alpha value is -4.98. The summed E-state index contributed by atoms with van der Waals surface area (Å²) in [6.07, 6.45) is 6.22. The predicted molar refractivity (Wildman–Crippen MR) is 138 cm³/mol. The summed E-state index contributed by atoms with van der Waals surface area (Å²) in [5.74, 6) is 0.394. The Morgan fingerprint density at radius 3 is 2.70 bits per heavy atom. The van der Waals surface area contributed by atoms with E-state index < -0.39 is 6.09 Å². The molecule has 0 bridgehead atoms. The number of aryl methyl sites for hydroxylation is 1. The Kier molecular flexibility index (Phi) is 6.63. The number of piperazine rings is 1. The van der Waals surface area contributed by atoms with Crippen LogP contribution in [0.2, 0.25) is 0 Å². The lowest BCUT2D eigenvalue weighted by Gasteiger charge is -2.35. The summed E-state index contributed by atoms with van der Waals surface area (Å²) in [5, 5.41) is 26.9. The van der Waals surface area contributed by atoms with Crippen molar-refractivity contribution in [3.63, 3.8) is 0 Å². The first-order chi connectivity index (χ1) is 18.1. The fourth-order valence-corrected chi connectivity index (χ4v) is 4.30. The van der Waals surface area contributed by atoms with Crippen LogP contribution >= 0.6 is 0 Å². The van der Waals surface area contributed by atoms with Gasteiger partial charge in [-0.15, -0.1) is 0 Å². The number of nitrogens with zero attached hydrogens (tertiary/aromatic N) is 8. The van der Waals surface area contributed by atoms with Gasteiger partial charge in [0.05, 0.1) is 16.9 Å². The van der Waals surface area contributed by atoms with Gasteiger partial charge in [0, 0.05) is 74.3 Å². The zero-order chi connectivity index (χ0) is 25.8. The van der Waals surface area contributed by atoms with Crippen LogP contribution in [0.1, 0.15) is 12.5 Å². The number of carbonyl (C=O) groups is 1. The third-order valence-corrected chi connectivity index (χ3v) is 6.22. The molecule has 0 aliphatic carbocycles. The molecule has 0 saturated carbocycles. The third-order valence-electron chi connectivity index (χ3n) is 6.22. The van der Waals surface area contributed by atoms with Crippen molar-refractivity contribution in [3.05, 3.63) is 66.7 Å². The van der Waals surface area contributed by atoms with E-state index >= 15 is 0 Å². The number of amides is 1. The van der Waals surface area contributed by atoms with Crippen LogP contribution < -0.4 is 10.2 Å². The molecule has 11 nitrogen and oxygen atoms in total. The maximum Gasteiger partial charge on any atom is 0.407 e. The SMILES string of the molecule is CCn1cc(-c2ccnc(Nc3ccc(N4CCN(C(=O)O)CC4)c(C#N)c3)n2)c(-c2cccnc2)n1. The zero-order valence-corrected chi connectivity index (χ0v) is 20.2. The number of nitrogens with one attached hydrogen (secondary N) is 1. The summed E-state index contributed by atoms with van der Waals surface area (Å²) in [4.78, 5) is 27.9. The van der Waals surface area contributed by atoms with Crippen LogP contribution in [0.25, 0.3) is 22.5 Å². The molecule has 11 heteroatoms. The van der Waals surface area contributed by atoms with Crippen LogP contribution in [0.3, 0.4) is 0 Å². The van der Waals surface area contributed by atoms with Gasteiger partial charge in [0.1, 0.15) is 11.8 Å². The second-order valence-corrected chi connectivity index (χ2v) is 8.48. The van der Waals surface area contributed by atoms with Crippen molar-refractivity contribution < 1.29 is 9.90 Å².